The van der Waals surface area contributed by atoms with Gasteiger partial charge in [-0.15, -0.1) is 0 Å². The van der Waals surface area contributed by atoms with E-state index < -0.39 is 27.4 Å². The van der Waals surface area contributed by atoms with Gasteiger partial charge >= 0.3 is 5.97 Å². The highest BCUT2D eigenvalue weighted by Crippen LogP contribution is 2.27. The topological polar surface area (TPSA) is 111 Å². The van der Waals surface area contributed by atoms with Crippen molar-refractivity contribution in [2.75, 3.05) is 19.5 Å². The molecule has 2 aromatic rings. The van der Waals surface area contributed by atoms with Crippen LogP contribution in [0.25, 0.3) is 0 Å². The van der Waals surface area contributed by atoms with E-state index in [1.807, 2.05) is 0 Å². The summed E-state index contributed by atoms with van der Waals surface area (Å²) in [4.78, 5) is 24.2. The molecule has 0 fully saturated rings. The third-order valence-corrected chi connectivity index (χ3v) is 5.83. The molecular formula is C21H26N2O6S. The summed E-state index contributed by atoms with van der Waals surface area (Å²) in [6.07, 6.45) is 0. The number of aryl methyl sites for hydroxylation is 1. The van der Waals surface area contributed by atoms with Crippen LogP contribution in [-0.2, 0) is 14.8 Å². The maximum atomic E-state index is 12.8. The van der Waals surface area contributed by atoms with Crippen LogP contribution < -0.4 is 14.8 Å². The van der Waals surface area contributed by atoms with Gasteiger partial charge in [-0.2, -0.15) is 0 Å². The average Bonchev–Trinajstić information content (AvgIpc) is 2.66. The summed E-state index contributed by atoms with van der Waals surface area (Å²) in [7, 11) is -1.27. The summed E-state index contributed by atoms with van der Waals surface area (Å²) in [5, 5.41) is 2.73. The largest absolute Gasteiger partial charge is 0.495 e. The second kappa shape index (κ2) is 8.85. The van der Waals surface area contributed by atoms with Crippen LogP contribution >= 0.6 is 0 Å². The summed E-state index contributed by atoms with van der Waals surface area (Å²) in [6.45, 7) is 6.89. The van der Waals surface area contributed by atoms with Gasteiger partial charge in [0.15, 0.2) is 0 Å². The SMILES string of the molecule is COC(=O)c1ccc(NC(=O)c2ccc(OC)c(S(=O)(=O)NC(C)(C)C)c2)c(C)c1. The average molecular weight is 435 g/mol. The zero-order valence-electron chi connectivity index (χ0n) is 17.8. The monoisotopic (exact) mass is 434 g/mol. The van der Waals surface area contributed by atoms with E-state index in [0.29, 0.717) is 16.8 Å². The molecule has 0 atom stereocenters. The lowest BCUT2D eigenvalue weighted by molar-refractivity contribution is 0.0600. The van der Waals surface area contributed by atoms with E-state index in [2.05, 4.69) is 14.8 Å². The second-order valence-corrected chi connectivity index (χ2v) is 9.35. The Kier molecular flexibility index (Phi) is 6.89. The molecule has 0 radical (unpaired) electrons. The number of methoxy groups -OCH3 is 2. The minimum Gasteiger partial charge on any atom is -0.495 e. The first-order valence-electron chi connectivity index (χ1n) is 9.10. The van der Waals surface area contributed by atoms with Crippen LogP contribution in [0.2, 0.25) is 0 Å². The van der Waals surface area contributed by atoms with Crippen molar-refractivity contribution in [1.82, 2.24) is 4.72 Å². The van der Waals surface area contributed by atoms with Gasteiger partial charge in [-0.05, 0) is 69.7 Å². The molecule has 0 saturated heterocycles. The number of esters is 1. The molecule has 0 bridgehead atoms. The van der Waals surface area contributed by atoms with Crippen LogP contribution in [0.5, 0.6) is 5.75 Å². The van der Waals surface area contributed by atoms with Gasteiger partial charge < -0.3 is 14.8 Å². The number of hydrogen-bond donors (Lipinski definition) is 2. The van der Waals surface area contributed by atoms with E-state index in [0.717, 1.165) is 0 Å². The molecule has 0 heterocycles. The summed E-state index contributed by atoms with van der Waals surface area (Å²) in [5.74, 6) is -0.854. The molecule has 0 aliphatic heterocycles. The first-order valence-corrected chi connectivity index (χ1v) is 10.6. The first-order chi connectivity index (χ1) is 13.9. The van der Waals surface area contributed by atoms with Crippen molar-refractivity contribution in [2.45, 2.75) is 38.1 Å². The number of nitrogens with one attached hydrogen (secondary N) is 2. The van der Waals surface area contributed by atoms with Crippen LogP contribution in [0, 0.1) is 6.92 Å². The molecule has 1 amide bonds. The molecule has 0 saturated carbocycles. The first kappa shape index (κ1) is 23.4. The standard InChI is InChI=1S/C21H26N2O6S/c1-13-11-15(20(25)29-6)7-9-16(13)22-19(24)14-8-10-17(28-5)18(12-14)30(26,27)23-21(2,3)4/h7-12,23H,1-6H3,(H,22,24). The number of sulfonamides is 1. The lowest BCUT2D eigenvalue weighted by Crippen LogP contribution is -2.40. The molecule has 0 unspecified atom stereocenters. The van der Waals surface area contributed by atoms with Crippen molar-refractivity contribution in [1.29, 1.82) is 0 Å². The number of hydrogen-bond acceptors (Lipinski definition) is 6. The lowest BCUT2D eigenvalue weighted by atomic mass is 10.1. The second-order valence-electron chi connectivity index (χ2n) is 7.70. The normalized spacial score (nSPS) is 11.7. The van der Waals surface area contributed by atoms with Crippen LogP contribution in [0.1, 0.15) is 47.1 Å². The quantitative estimate of drug-likeness (QED) is 0.676. The number of benzene rings is 2. The highest BCUT2D eigenvalue weighted by molar-refractivity contribution is 7.89. The number of ether oxygens (including phenoxy) is 2. The van der Waals surface area contributed by atoms with Crippen LogP contribution in [0.15, 0.2) is 41.3 Å². The molecule has 2 rings (SSSR count). The fourth-order valence-electron chi connectivity index (χ4n) is 2.73. The number of anilines is 1. The molecule has 0 spiro atoms. The van der Waals surface area contributed by atoms with E-state index in [1.165, 1.54) is 38.5 Å². The Morgan fingerprint density at radius 3 is 2.13 bits per heavy atom. The van der Waals surface area contributed by atoms with Gasteiger partial charge in [0.1, 0.15) is 10.6 Å². The molecule has 30 heavy (non-hydrogen) atoms. The highest BCUT2D eigenvalue weighted by atomic mass is 32.2. The predicted molar refractivity (Wildman–Crippen MR) is 114 cm³/mol. The summed E-state index contributed by atoms with van der Waals surface area (Å²) in [5.41, 5.74) is 0.934. The third kappa shape index (κ3) is 5.58. The fraction of sp³-hybridized carbons (Fsp3) is 0.333. The Bertz CT molecular complexity index is 1070. The Labute approximate surface area is 176 Å². The lowest BCUT2D eigenvalue weighted by Gasteiger charge is -2.21. The zero-order chi connectivity index (χ0) is 22.7. The predicted octanol–water partition coefficient (Wildman–Crippen LogP) is 3.12. The zero-order valence-corrected chi connectivity index (χ0v) is 18.6. The fourth-order valence-corrected chi connectivity index (χ4v) is 4.34. The Balaban J connectivity index is 2.36. The van der Waals surface area contributed by atoms with E-state index >= 15 is 0 Å². The molecule has 2 N–H and O–H groups in total. The van der Waals surface area contributed by atoms with Crippen molar-refractivity contribution >= 4 is 27.6 Å². The van der Waals surface area contributed by atoms with Crippen LogP contribution in [0.4, 0.5) is 5.69 Å². The summed E-state index contributed by atoms with van der Waals surface area (Å²) >= 11 is 0. The molecule has 9 heteroatoms. The van der Waals surface area contributed by atoms with E-state index in [1.54, 1.807) is 39.8 Å². The Morgan fingerprint density at radius 2 is 1.60 bits per heavy atom. The van der Waals surface area contributed by atoms with E-state index in [4.69, 9.17) is 4.74 Å². The smallest absolute Gasteiger partial charge is 0.337 e. The molecular weight excluding hydrogens is 408 g/mol. The van der Waals surface area contributed by atoms with Crippen LogP contribution in [-0.4, -0.2) is 40.1 Å². The van der Waals surface area contributed by atoms with Crippen molar-refractivity contribution in [2.24, 2.45) is 0 Å². The van der Waals surface area contributed by atoms with Crippen molar-refractivity contribution < 1.29 is 27.5 Å². The van der Waals surface area contributed by atoms with Gasteiger partial charge in [-0.25, -0.2) is 17.9 Å². The van der Waals surface area contributed by atoms with Gasteiger partial charge in [0.25, 0.3) is 5.91 Å². The molecule has 0 aliphatic rings. The number of amides is 1. The molecule has 0 aromatic heterocycles. The minimum atomic E-state index is -3.92. The minimum absolute atomic E-state index is 0.127. The van der Waals surface area contributed by atoms with Gasteiger partial charge in [0.2, 0.25) is 10.0 Å². The highest BCUT2D eigenvalue weighted by Gasteiger charge is 2.26. The van der Waals surface area contributed by atoms with Crippen molar-refractivity contribution in [3.63, 3.8) is 0 Å². The number of carbonyl (C=O) groups is 2. The van der Waals surface area contributed by atoms with Gasteiger partial charge in [-0.1, -0.05) is 0 Å². The van der Waals surface area contributed by atoms with E-state index in [-0.39, 0.29) is 16.2 Å². The maximum absolute atomic E-state index is 12.8. The summed E-state index contributed by atoms with van der Waals surface area (Å²) in [6, 6.07) is 8.88. The Morgan fingerprint density at radius 1 is 0.967 bits per heavy atom. The van der Waals surface area contributed by atoms with Gasteiger partial charge in [0, 0.05) is 16.8 Å². The Hall–Kier alpha value is -2.91. The molecule has 0 aliphatic carbocycles. The van der Waals surface area contributed by atoms with Crippen molar-refractivity contribution in [3.05, 3.63) is 53.1 Å². The van der Waals surface area contributed by atoms with Gasteiger partial charge in [0.05, 0.1) is 19.8 Å². The summed E-state index contributed by atoms with van der Waals surface area (Å²) < 4.78 is 38.0. The molecule has 2 aromatic carbocycles. The van der Waals surface area contributed by atoms with Gasteiger partial charge in [-0.3, -0.25) is 4.79 Å². The third-order valence-electron chi connectivity index (χ3n) is 4.05. The number of rotatable bonds is 6. The van der Waals surface area contributed by atoms with E-state index in [9.17, 15) is 18.0 Å². The molecule has 8 nitrogen and oxygen atoms in total. The number of carbonyl (C=O) groups excluding carboxylic acids is 2. The maximum Gasteiger partial charge on any atom is 0.337 e. The van der Waals surface area contributed by atoms with Crippen molar-refractivity contribution in [3.8, 4) is 5.75 Å². The van der Waals surface area contributed by atoms with Crippen LogP contribution in [0.3, 0.4) is 0 Å². The molecule has 162 valence electrons.